The predicted octanol–water partition coefficient (Wildman–Crippen LogP) is 2.91. The van der Waals surface area contributed by atoms with Gasteiger partial charge in [0.15, 0.2) is 0 Å². The zero-order valence-corrected chi connectivity index (χ0v) is 15.2. The van der Waals surface area contributed by atoms with Crippen molar-refractivity contribution in [3.05, 3.63) is 46.2 Å². The van der Waals surface area contributed by atoms with E-state index in [-0.39, 0.29) is 35.9 Å². The van der Waals surface area contributed by atoms with Crippen molar-refractivity contribution in [2.45, 2.75) is 31.6 Å². The lowest BCUT2D eigenvalue weighted by Crippen LogP contribution is -2.34. The Morgan fingerprint density at radius 1 is 1.12 bits per heavy atom. The van der Waals surface area contributed by atoms with E-state index in [1.165, 1.54) is 4.90 Å². The van der Waals surface area contributed by atoms with Gasteiger partial charge in [-0.05, 0) is 30.5 Å². The highest BCUT2D eigenvalue weighted by molar-refractivity contribution is 6.35. The number of nitrogens with zero attached hydrogens (tertiary/aromatic N) is 3. The van der Waals surface area contributed by atoms with Crippen LogP contribution in [0.3, 0.4) is 0 Å². The molecule has 0 N–H and O–H groups in total. The fourth-order valence-corrected chi connectivity index (χ4v) is 4.81. The van der Waals surface area contributed by atoms with Gasteiger partial charge in [0.2, 0.25) is 11.8 Å². The van der Waals surface area contributed by atoms with E-state index in [2.05, 4.69) is 5.10 Å². The van der Waals surface area contributed by atoms with E-state index >= 15 is 0 Å². The molecule has 4 unspecified atom stereocenters. The summed E-state index contributed by atoms with van der Waals surface area (Å²) in [5.41, 5.74) is 1.35. The molecule has 3 aliphatic rings. The molecule has 6 nitrogen and oxygen atoms in total. The number of aromatic nitrogens is 2. The average Bonchev–Trinajstić information content (AvgIpc) is 3.35. The SMILES string of the molecule is O=C1C2C3CCC(O3)C2C(=O)N1c1cnn(Cc2ccc(Cl)cc2Cl)c1. The first-order chi connectivity index (χ1) is 12.5. The fraction of sp³-hybridized carbons (Fsp3) is 0.389. The van der Waals surface area contributed by atoms with Gasteiger partial charge < -0.3 is 4.74 Å². The third kappa shape index (κ3) is 2.32. The van der Waals surface area contributed by atoms with Gasteiger partial charge in [-0.3, -0.25) is 14.3 Å². The Morgan fingerprint density at radius 2 is 1.81 bits per heavy atom. The van der Waals surface area contributed by atoms with Gasteiger partial charge in [-0.25, -0.2) is 4.90 Å². The van der Waals surface area contributed by atoms with E-state index in [0.29, 0.717) is 22.3 Å². The Hall–Kier alpha value is -1.89. The van der Waals surface area contributed by atoms with Gasteiger partial charge in [0, 0.05) is 16.2 Å². The predicted molar refractivity (Wildman–Crippen MR) is 95.2 cm³/mol. The Bertz CT molecular complexity index is 900. The summed E-state index contributed by atoms with van der Waals surface area (Å²) in [5.74, 6) is -1.02. The molecule has 3 aliphatic heterocycles. The number of benzene rings is 1. The summed E-state index contributed by atoms with van der Waals surface area (Å²) in [6.07, 6.45) is 4.72. The van der Waals surface area contributed by atoms with E-state index in [4.69, 9.17) is 27.9 Å². The molecular weight excluding hydrogens is 377 g/mol. The lowest BCUT2D eigenvalue weighted by molar-refractivity contribution is -0.124. The second-order valence-electron chi connectivity index (χ2n) is 6.99. The molecule has 0 saturated carbocycles. The molecule has 3 fully saturated rings. The van der Waals surface area contributed by atoms with Gasteiger partial charge in [0.1, 0.15) is 0 Å². The summed E-state index contributed by atoms with van der Waals surface area (Å²) in [5, 5.41) is 5.40. The molecule has 3 saturated heterocycles. The van der Waals surface area contributed by atoms with Gasteiger partial charge in [-0.1, -0.05) is 29.3 Å². The minimum absolute atomic E-state index is 0.116. The average molecular weight is 392 g/mol. The monoisotopic (exact) mass is 391 g/mol. The van der Waals surface area contributed by atoms with E-state index < -0.39 is 0 Å². The topological polar surface area (TPSA) is 64.4 Å². The van der Waals surface area contributed by atoms with Gasteiger partial charge in [-0.2, -0.15) is 5.10 Å². The number of hydrogen-bond donors (Lipinski definition) is 0. The summed E-state index contributed by atoms with van der Waals surface area (Å²) < 4.78 is 7.41. The Kier molecular flexibility index (Phi) is 3.64. The molecule has 1 aromatic carbocycles. The fourth-order valence-electron chi connectivity index (χ4n) is 4.35. The molecule has 26 heavy (non-hydrogen) atoms. The quantitative estimate of drug-likeness (QED) is 0.754. The van der Waals surface area contributed by atoms with Crippen LogP contribution in [0.2, 0.25) is 10.0 Å². The number of carbonyl (C=O) groups is 2. The van der Waals surface area contributed by atoms with Crippen molar-refractivity contribution in [2.24, 2.45) is 11.8 Å². The van der Waals surface area contributed by atoms with Gasteiger partial charge in [0.05, 0.1) is 42.5 Å². The molecule has 4 atom stereocenters. The molecule has 0 aliphatic carbocycles. The highest BCUT2D eigenvalue weighted by atomic mass is 35.5. The number of carbonyl (C=O) groups excluding carboxylic acids is 2. The first-order valence-electron chi connectivity index (χ1n) is 8.52. The normalized spacial score (nSPS) is 29.7. The van der Waals surface area contributed by atoms with Crippen molar-refractivity contribution in [3.8, 4) is 0 Å². The van der Waals surface area contributed by atoms with E-state index in [1.54, 1.807) is 29.2 Å². The van der Waals surface area contributed by atoms with Crippen LogP contribution >= 0.6 is 23.2 Å². The molecule has 0 spiro atoms. The first-order valence-corrected chi connectivity index (χ1v) is 9.28. The highest BCUT2D eigenvalue weighted by Crippen LogP contribution is 2.49. The minimum atomic E-state index is -0.338. The van der Waals surface area contributed by atoms with Crippen LogP contribution in [0.1, 0.15) is 18.4 Å². The number of ether oxygens (including phenoxy) is 1. The number of fused-ring (bicyclic) bond motifs is 5. The molecule has 2 bridgehead atoms. The van der Waals surface area contributed by atoms with Crippen LogP contribution in [-0.4, -0.2) is 33.8 Å². The number of rotatable bonds is 3. The number of amides is 2. The third-order valence-corrected chi connectivity index (χ3v) is 6.10. The molecule has 2 aromatic rings. The molecule has 1 aromatic heterocycles. The molecule has 134 valence electrons. The molecule has 8 heteroatoms. The largest absolute Gasteiger partial charge is 0.373 e. The maximum absolute atomic E-state index is 12.8. The van der Waals surface area contributed by atoms with Crippen molar-refractivity contribution in [3.63, 3.8) is 0 Å². The highest BCUT2D eigenvalue weighted by Gasteiger charge is 2.62. The number of halogens is 2. The van der Waals surface area contributed by atoms with Gasteiger partial charge in [-0.15, -0.1) is 0 Å². The van der Waals surface area contributed by atoms with Crippen LogP contribution in [0.25, 0.3) is 0 Å². The lowest BCUT2D eigenvalue weighted by atomic mass is 9.81. The molecule has 2 amide bonds. The summed E-state index contributed by atoms with van der Waals surface area (Å²) in [7, 11) is 0. The standard InChI is InChI=1S/C18H15Cl2N3O3/c19-10-2-1-9(12(20)5-10)7-22-8-11(6-21-22)23-17(24)15-13-3-4-14(26-13)16(15)18(23)25/h1-2,5-6,8,13-16H,3-4,7H2. The van der Waals surface area contributed by atoms with Crippen LogP contribution in [0.4, 0.5) is 5.69 Å². The Labute approximate surface area is 159 Å². The zero-order valence-electron chi connectivity index (χ0n) is 13.6. The molecular formula is C18H15Cl2N3O3. The Balaban J connectivity index is 1.40. The second kappa shape index (κ2) is 5.81. The van der Waals surface area contributed by atoms with E-state index in [0.717, 1.165) is 18.4 Å². The third-order valence-electron chi connectivity index (χ3n) is 5.51. The van der Waals surface area contributed by atoms with Crippen molar-refractivity contribution in [1.29, 1.82) is 0 Å². The molecule has 0 radical (unpaired) electrons. The number of imide groups is 1. The van der Waals surface area contributed by atoms with Crippen LogP contribution in [0, 0.1) is 11.8 Å². The van der Waals surface area contributed by atoms with E-state index in [1.807, 2.05) is 6.07 Å². The second-order valence-corrected chi connectivity index (χ2v) is 7.83. The summed E-state index contributed by atoms with van der Waals surface area (Å²) in [4.78, 5) is 26.9. The number of anilines is 1. The summed E-state index contributed by atoms with van der Waals surface area (Å²) in [6.45, 7) is 0.424. The zero-order chi connectivity index (χ0) is 18.0. The van der Waals surface area contributed by atoms with Gasteiger partial charge >= 0.3 is 0 Å². The summed E-state index contributed by atoms with van der Waals surface area (Å²) in [6, 6.07) is 5.27. The number of hydrogen-bond acceptors (Lipinski definition) is 4. The van der Waals surface area contributed by atoms with Crippen molar-refractivity contribution < 1.29 is 14.3 Å². The lowest BCUT2D eigenvalue weighted by Gasteiger charge is -2.15. The van der Waals surface area contributed by atoms with Crippen LogP contribution in [0.5, 0.6) is 0 Å². The maximum Gasteiger partial charge on any atom is 0.240 e. The van der Waals surface area contributed by atoms with Crippen molar-refractivity contribution in [2.75, 3.05) is 4.90 Å². The molecule has 5 rings (SSSR count). The van der Waals surface area contributed by atoms with Gasteiger partial charge in [0.25, 0.3) is 0 Å². The van der Waals surface area contributed by atoms with Crippen molar-refractivity contribution in [1.82, 2.24) is 9.78 Å². The van der Waals surface area contributed by atoms with Crippen LogP contribution < -0.4 is 4.90 Å². The van der Waals surface area contributed by atoms with Crippen molar-refractivity contribution >= 4 is 40.7 Å². The van der Waals surface area contributed by atoms with Crippen LogP contribution in [-0.2, 0) is 20.9 Å². The first kappa shape index (κ1) is 16.3. The maximum atomic E-state index is 12.8. The minimum Gasteiger partial charge on any atom is -0.373 e. The summed E-state index contributed by atoms with van der Waals surface area (Å²) >= 11 is 12.1. The Morgan fingerprint density at radius 3 is 2.46 bits per heavy atom. The smallest absolute Gasteiger partial charge is 0.240 e. The molecule has 4 heterocycles. The van der Waals surface area contributed by atoms with Crippen LogP contribution in [0.15, 0.2) is 30.6 Å². The van der Waals surface area contributed by atoms with E-state index in [9.17, 15) is 9.59 Å².